The lowest BCUT2D eigenvalue weighted by atomic mass is 10.1. The van der Waals surface area contributed by atoms with Crippen LogP contribution in [0.1, 0.15) is 26.3 Å². The van der Waals surface area contributed by atoms with Gasteiger partial charge in [-0.15, -0.1) is 0 Å². The number of nitrogens with zero attached hydrogens (tertiary/aromatic N) is 1. The molecule has 2 aromatic carbocycles. The van der Waals surface area contributed by atoms with E-state index in [0.717, 1.165) is 5.56 Å². The smallest absolute Gasteiger partial charge is 0.411 e. The quantitative estimate of drug-likeness (QED) is 0.833. The van der Waals surface area contributed by atoms with Crippen molar-refractivity contribution in [2.45, 2.75) is 6.61 Å². The number of amides is 2. The Kier molecular flexibility index (Phi) is 6.32. The Morgan fingerprint density at radius 3 is 2.23 bits per heavy atom. The molecule has 0 heterocycles. The summed E-state index contributed by atoms with van der Waals surface area (Å²) < 4.78 is 9.90. The SMILES string of the molecule is COC(=O)c1cccc(C(=O)N(C)C)c1NC(=O)OCc1ccccc1. The van der Waals surface area contributed by atoms with Crippen LogP contribution in [0.5, 0.6) is 0 Å². The molecule has 7 heteroatoms. The molecule has 26 heavy (non-hydrogen) atoms. The Balaban J connectivity index is 2.26. The summed E-state index contributed by atoms with van der Waals surface area (Å²) in [5.41, 5.74) is 1.09. The third kappa shape index (κ3) is 4.60. The van der Waals surface area contributed by atoms with Gasteiger partial charge in [0.05, 0.1) is 23.9 Å². The molecule has 2 aromatic rings. The summed E-state index contributed by atoms with van der Waals surface area (Å²) in [4.78, 5) is 37.9. The molecule has 0 atom stereocenters. The second kappa shape index (κ2) is 8.66. The van der Waals surface area contributed by atoms with E-state index < -0.39 is 12.1 Å². The van der Waals surface area contributed by atoms with Gasteiger partial charge in [0.2, 0.25) is 0 Å². The highest BCUT2D eigenvalue weighted by Gasteiger charge is 2.22. The molecule has 0 spiro atoms. The maximum Gasteiger partial charge on any atom is 0.411 e. The zero-order valence-electron chi connectivity index (χ0n) is 14.8. The Morgan fingerprint density at radius 2 is 1.62 bits per heavy atom. The van der Waals surface area contributed by atoms with E-state index in [-0.39, 0.29) is 29.3 Å². The Hall–Kier alpha value is -3.35. The van der Waals surface area contributed by atoms with E-state index in [4.69, 9.17) is 9.47 Å². The molecule has 2 amide bonds. The number of benzene rings is 2. The van der Waals surface area contributed by atoms with Crippen molar-refractivity contribution in [3.05, 3.63) is 65.2 Å². The highest BCUT2D eigenvalue weighted by atomic mass is 16.5. The number of carbonyl (C=O) groups excluding carboxylic acids is 3. The number of hydrogen-bond acceptors (Lipinski definition) is 5. The number of hydrogen-bond donors (Lipinski definition) is 1. The molecule has 0 radical (unpaired) electrons. The first-order valence-corrected chi connectivity index (χ1v) is 7.84. The van der Waals surface area contributed by atoms with Gasteiger partial charge in [0, 0.05) is 14.1 Å². The second-order valence-electron chi connectivity index (χ2n) is 5.61. The van der Waals surface area contributed by atoms with Gasteiger partial charge in [-0.05, 0) is 17.7 Å². The number of para-hydroxylation sites is 1. The molecule has 0 unspecified atom stereocenters. The normalized spacial score (nSPS) is 9.96. The van der Waals surface area contributed by atoms with Crippen molar-refractivity contribution in [1.29, 1.82) is 0 Å². The van der Waals surface area contributed by atoms with Gasteiger partial charge in [0.25, 0.3) is 5.91 Å². The van der Waals surface area contributed by atoms with E-state index in [0.29, 0.717) is 0 Å². The lowest BCUT2D eigenvalue weighted by Crippen LogP contribution is -2.25. The largest absolute Gasteiger partial charge is 0.465 e. The van der Waals surface area contributed by atoms with E-state index in [1.54, 1.807) is 20.2 Å². The standard InChI is InChI=1S/C19H20N2O5/c1-21(2)17(22)14-10-7-11-15(18(23)25-3)16(14)20-19(24)26-12-13-8-5-4-6-9-13/h4-11H,12H2,1-3H3,(H,20,24). The fourth-order valence-corrected chi connectivity index (χ4v) is 2.25. The van der Waals surface area contributed by atoms with Crippen LogP contribution in [-0.2, 0) is 16.1 Å². The molecule has 0 aliphatic carbocycles. The minimum Gasteiger partial charge on any atom is -0.465 e. The zero-order valence-corrected chi connectivity index (χ0v) is 14.8. The maximum atomic E-state index is 12.4. The van der Waals surface area contributed by atoms with Crippen LogP contribution in [0.25, 0.3) is 0 Å². The van der Waals surface area contributed by atoms with Crippen LogP contribution in [0.15, 0.2) is 48.5 Å². The summed E-state index contributed by atoms with van der Waals surface area (Å²) in [7, 11) is 4.37. The molecule has 0 saturated heterocycles. The third-order valence-corrected chi connectivity index (χ3v) is 3.55. The fourth-order valence-electron chi connectivity index (χ4n) is 2.25. The number of methoxy groups -OCH3 is 1. The van der Waals surface area contributed by atoms with E-state index >= 15 is 0 Å². The molecular formula is C19H20N2O5. The lowest BCUT2D eigenvalue weighted by molar-refractivity contribution is 0.0602. The van der Waals surface area contributed by atoms with Gasteiger partial charge in [-0.3, -0.25) is 10.1 Å². The molecule has 0 aromatic heterocycles. The van der Waals surface area contributed by atoms with Gasteiger partial charge < -0.3 is 14.4 Å². The molecular weight excluding hydrogens is 336 g/mol. The molecule has 0 bridgehead atoms. The van der Waals surface area contributed by atoms with Crippen molar-refractivity contribution in [3.8, 4) is 0 Å². The maximum absolute atomic E-state index is 12.4. The summed E-state index contributed by atoms with van der Waals surface area (Å²) in [6.45, 7) is 0.0595. The summed E-state index contributed by atoms with van der Waals surface area (Å²) >= 11 is 0. The van der Waals surface area contributed by atoms with Crippen LogP contribution in [0, 0.1) is 0 Å². The van der Waals surface area contributed by atoms with E-state index in [1.165, 1.54) is 24.1 Å². The third-order valence-electron chi connectivity index (χ3n) is 3.55. The lowest BCUT2D eigenvalue weighted by Gasteiger charge is -2.17. The van der Waals surface area contributed by atoms with Crippen LogP contribution >= 0.6 is 0 Å². The predicted octanol–water partition coefficient (Wildman–Crippen LogP) is 2.92. The van der Waals surface area contributed by atoms with Crippen molar-refractivity contribution in [2.75, 3.05) is 26.5 Å². The summed E-state index contributed by atoms with van der Waals surface area (Å²) in [6.07, 6.45) is -0.780. The van der Waals surface area contributed by atoms with Crippen LogP contribution in [0.2, 0.25) is 0 Å². The molecule has 0 aliphatic rings. The first-order valence-electron chi connectivity index (χ1n) is 7.84. The summed E-state index contributed by atoms with van der Waals surface area (Å²) in [5.74, 6) is -1.04. The highest BCUT2D eigenvalue weighted by Crippen LogP contribution is 2.24. The van der Waals surface area contributed by atoms with Gasteiger partial charge in [0.15, 0.2) is 0 Å². The van der Waals surface area contributed by atoms with Gasteiger partial charge in [-0.1, -0.05) is 36.4 Å². The average Bonchev–Trinajstić information content (AvgIpc) is 2.66. The van der Waals surface area contributed by atoms with E-state index in [9.17, 15) is 14.4 Å². The predicted molar refractivity (Wildman–Crippen MR) is 96.0 cm³/mol. The van der Waals surface area contributed by atoms with Crippen molar-refractivity contribution in [2.24, 2.45) is 0 Å². The molecule has 2 rings (SSSR count). The van der Waals surface area contributed by atoms with Gasteiger partial charge in [-0.25, -0.2) is 9.59 Å². The highest BCUT2D eigenvalue weighted by molar-refractivity contribution is 6.09. The van der Waals surface area contributed by atoms with Crippen molar-refractivity contribution < 1.29 is 23.9 Å². The Bertz CT molecular complexity index is 803. The van der Waals surface area contributed by atoms with Crippen LogP contribution in [0.4, 0.5) is 10.5 Å². The van der Waals surface area contributed by atoms with Gasteiger partial charge in [0.1, 0.15) is 6.61 Å². The van der Waals surface area contributed by atoms with E-state index in [2.05, 4.69) is 5.32 Å². The van der Waals surface area contributed by atoms with E-state index in [1.807, 2.05) is 30.3 Å². The molecule has 136 valence electrons. The van der Waals surface area contributed by atoms with Crippen LogP contribution in [0.3, 0.4) is 0 Å². The summed E-state index contributed by atoms with van der Waals surface area (Å²) in [5, 5.41) is 2.49. The van der Waals surface area contributed by atoms with Crippen molar-refractivity contribution >= 4 is 23.7 Å². The minimum absolute atomic E-state index is 0.0520. The average molecular weight is 356 g/mol. The van der Waals surface area contributed by atoms with Crippen LogP contribution < -0.4 is 5.32 Å². The number of carbonyl (C=O) groups is 3. The molecule has 1 N–H and O–H groups in total. The minimum atomic E-state index is -0.780. The zero-order chi connectivity index (χ0) is 19.1. The molecule has 0 aliphatic heterocycles. The van der Waals surface area contributed by atoms with Gasteiger partial charge in [-0.2, -0.15) is 0 Å². The number of ether oxygens (including phenoxy) is 2. The second-order valence-corrected chi connectivity index (χ2v) is 5.61. The van der Waals surface area contributed by atoms with Crippen molar-refractivity contribution in [1.82, 2.24) is 4.90 Å². The topological polar surface area (TPSA) is 84.9 Å². The monoisotopic (exact) mass is 356 g/mol. The first kappa shape index (κ1) is 19.0. The Labute approximate surface area is 151 Å². The van der Waals surface area contributed by atoms with Crippen LogP contribution in [-0.4, -0.2) is 44.1 Å². The molecule has 7 nitrogen and oxygen atoms in total. The fraction of sp³-hybridized carbons (Fsp3) is 0.211. The van der Waals surface area contributed by atoms with Crippen molar-refractivity contribution in [3.63, 3.8) is 0 Å². The number of nitrogens with one attached hydrogen (secondary N) is 1. The number of esters is 1. The number of anilines is 1. The van der Waals surface area contributed by atoms with Gasteiger partial charge >= 0.3 is 12.1 Å². The first-order chi connectivity index (χ1) is 12.4. The molecule has 0 fully saturated rings. The summed E-state index contributed by atoms with van der Waals surface area (Å²) in [6, 6.07) is 13.7. The Morgan fingerprint density at radius 1 is 0.962 bits per heavy atom. The molecule has 0 saturated carbocycles. The number of rotatable bonds is 5.